The number of halogens is 1. The van der Waals surface area contributed by atoms with Gasteiger partial charge in [0.25, 0.3) is 0 Å². The van der Waals surface area contributed by atoms with E-state index in [0.29, 0.717) is 15.2 Å². The summed E-state index contributed by atoms with van der Waals surface area (Å²) in [7, 11) is 0. The van der Waals surface area contributed by atoms with E-state index < -0.39 is 5.79 Å². The van der Waals surface area contributed by atoms with Gasteiger partial charge in [-0.05, 0) is 13.8 Å². The Balaban J connectivity index is 1.77. The molecule has 2 aromatic heterocycles. The van der Waals surface area contributed by atoms with Gasteiger partial charge in [-0.15, -0.1) is 11.8 Å². The molecule has 21 heavy (non-hydrogen) atoms. The smallest absolute Gasteiger partial charge is 0.194 e. The number of aromatic nitrogens is 4. The molecule has 0 spiro atoms. The van der Waals surface area contributed by atoms with Crippen LogP contribution in [0.5, 0.6) is 0 Å². The maximum atomic E-state index is 6.05. The number of imidazole rings is 1. The first-order valence-electron chi connectivity index (χ1n) is 6.57. The molecule has 0 bridgehead atoms. The summed E-state index contributed by atoms with van der Waals surface area (Å²) < 4.78 is 14.6. The van der Waals surface area contributed by atoms with Crippen LogP contribution in [0.4, 0.5) is 5.82 Å². The van der Waals surface area contributed by atoms with Gasteiger partial charge in [-0.2, -0.15) is 0 Å². The van der Waals surface area contributed by atoms with Crippen molar-refractivity contribution in [1.82, 2.24) is 19.5 Å². The van der Waals surface area contributed by atoms with E-state index in [1.54, 1.807) is 18.1 Å². The molecule has 2 aliphatic rings. The van der Waals surface area contributed by atoms with Crippen LogP contribution in [-0.2, 0) is 9.47 Å². The predicted molar refractivity (Wildman–Crippen MR) is 87.8 cm³/mol. The van der Waals surface area contributed by atoms with E-state index in [-0.39, 0.29) is 17.6 Å². The number of hydrogen-bond donors (Lipinski definition) is 1. The third kappa shape index (κ3) is 2.21. The molecule has 0 saturated carbocycles. The van der Waals surface area contributed by atoms with Crippen LogP contribution in [0, 0.1) is 3.83 Å². The van der Waals surface area contributed by atoms with E-state index in [9.17, 15) is 0 Å². The van der Waals surface area contributed by atoms with Gasteiger partial charge in [0.15, 0.2) is 21.1 Å². The maximum Gasteiger partial charge on any atom is 0.194 e. The van der Waals surface area contributed by atoms with Gasteiger partial charge in [-0.1, -0.05) is 0 Å². The lowest BCUT2D eigenvalue weighted by Crippen LogP contribution is -2.26. The molecule has 7 nitrogen and oxygen atoms in total. The summed E-state index contributed by atoms with van der Waals surface area (Å²) in [5, 5.41) is 0.0897. The zero-order valence-electron chi connectivity index (χ0n) is 11.5. The van der Waals surface area contributed by atoms with E-state index in [1.165, 1.54) is 0 Å². The molecule has 4 rings (SSSR count). The highest BCUT2D eigenvalue weighted by atomic mass is 127. The molecule has 2 N–H and O–H groups in total. The summed E-state index contributed by atoms with van der Waals surface area (Å²) in [6.07, 6.45) is 1.86. The summed E-state index contributed by atoms with van der Waals surface area (Å²) in [5.74, 6) is 0.773. The number of fused-ring (bicyclic) bond motifs is 2. The normalized spacial score (nSPS) is 30.9. The van der Waals surface area contributed by atoms with Gasteiger partial charge in [-0.25, -0.2) is 15.0 Å². The molecule has 112 valence electrons. The second kappa shape index (κ2) is 4.67. The summed E-state index contributed by atoms with van der Waals surface area (Å²) in [5.41, 5.74) is 7.31. The summed E-state index contributed by atoms with van der Waals surface area (Å²) in [6, 6.07) is 0. The van der Waals surface area contributed by atoms with Gasteiger partial charge in [0.1, 0.15) is 17.0 Å². The van der Waals surface area contributed by atoms with Gasteiger partial charge in [0.05, 0.1) is 12.4 Å². The second-order valence-corrected chi connectivity index (χ2v) is 7.68. The lowest BCUT2D eigenvalue weighted by Gasteiger charge is -2.22. The number of rotatable bonds is 1. The van der Waals surface area contributed by atoms with Crippen LogP contribution < -0.4 is 5.73 Å². The Hall–Kier alpha value is -0.650. The minimum atomic E-state index is -0.534. The molecule has 9 heteroatoms. The molecule has 2 saturated heterocycles. The van der Waals surface area contributed by atoms with E-state index >= 15 is 0 Å². The van der Waals surface area contributed by atoms with Gasteiger partial charge in [-0.3, -0.25) is 4.57 Å². The quantitative estimate of drug-likeness (QED) is 0.557. The van der Waals surface area contributed by atoms with Crippen molar-refractivity contribution in [2.75, 3.05) is 11.5 Å². The van der Waals surface area contributed by atoms with E-state index in [1.807, 2.05) is 18.4 Å². The maximum absolute atomic E-state index is 6.05. The summed E-state index contributed by atoms with van der Waals surface area (Å²) >= 11 is 3.85. The van der Waals surface area contributed by atoms with Crippen molar-refractivity contribution in [3.63, 3.8) is 0 Å². The van der Waals surface area contributed by atoms with Crippen LogP contribution in [0.15, 0.2) is 6.33 Å². The number of hydrogen-bond acceptors (Lipinski definition) is 7. The SMILES string of the molecule is CC1(C)O[C@H]2[C@H](CS[C@H]2n2cnc3c(N)nc(I)nc32)O1. The van der Waals surface area contributed by atoms with Crippen LogP contribution >= 0.6 is 34.4 Å². The Morgan fingerprint density at radius 3 is 3.05 bits per heavy atom. The first-order chi connectivity index (χ1) is 9.94. The Labute approximate surface area is 139 Å². The van der Waals surface area contributed by atoms with Crippen molar-refractivity contribution in [3.05, 3.63) is 10.2 Å². The van der Waals surface area contributed by atoms with Crippen LogP contribution in [-0.4, -0.2) is 43.3 Å². The third-order valence-corrected chi connectivity index (χ3v) is 5.47. The number of anilines is 1. The van der Waals surface area contributed by atoms with Crippen molar-refractivity contribution in [2.24, 2.45) is 0 Å². The molecule has 0 aromatic carbocycles. The molecular formula is C12H14IN5O2S. The summed E-state index contributed by atoms with van der Waals surface area (Å²) in [6.45, 7) is 3.89. The van der Waals surface area contributed by atoms with Crippen LogP contribution in [0.1, 0.15) is 19.2 Å². The van der Waals surface area contributed by atoms with Crippen LogP contribution in [0.2, 0.25) is 0 Å². The molecule has 4 heterocycles. The Kier molecular flexibility index (Phi) is 3.11. The molecular weight excluding hydrogens is 405 g/mol. The fourth-order valence-electron chi connectivity index (χ4n) is 2.86. The number of nitrogens with zero attached hydrogens (tertiary/aromatic N) is 4. The number of ether oxygens (including phenoxy) is 2. The number of thioether (sulfide) groups is 1. The van der Waals surface area contributed by atoms with Gasteiger partial charge >= 0.3 is 0 Å². The fourth-order valence-corrected chi connectivity index (χ4v) is 4.73. The first-order valence-corrected chi connectivity index (χ1v) is 8.70. The number of nitrogens with two attached hydrogens (primary N) is 1. The third-order valence-electron chi connectivity index (χ3n) is 3.63. The minimum absolute atomic E-state index is 0.00347. The molecule has 2 fully saturated rings. The monoisotopic (exact) mass is 419 g/mol. The van der Waals surface area contributed by atoms with Gasteiger partial charge < -0.3 is 15.2 Å². The van der Waals surface area contributed by atoms with E-state index in [4.69, 9.17) is 15.2 Å². The van der Waals surface area contributed by atoms with Crippen LogP contribution in [0.3, 0.4) is 0 Å². The fraction of sp³-hybridized carbons (Fsp3) is 0.583. The van der Waals surface area contributed by atoms with Crippen molar-refractivity contribution < 1.29 is 9.47 Å². The molecule has 0 amide bonds. The molecule has 0 unspecified atom stereocenters. The van der Waals surface area contributed by atoms with E-state index in [0.717, 1.165) is 11.4 Å². The molecule has 0 radical (unpaired) electrons. The highest BCUT2D eigenvalue weighted by Crippen LogP contribution is 2.47. The van der Waals surface area contributed by atoms with Gasteiger partial charge in [0.2, 0.25) is 0 Å². The van der Waals surface area contributed by atoms with Crippen molar-refractivity contribution in [2.45, 2.75) is 37.2 Å². The molecule has 2 aliphatic heterocycles. The highest BCUT2D eigenvalue weighted by Gasteiger charge is 2.50. The molecule has 0 aliphatic carbocycles. The zero-order chi connectivity index (χ0) is 14.8. The standard InChI is InChI=1S/C12H14IN5O2S/c1-12(2)19-5-3-21-10(7(5)20-12)18-4-15-6-8(14)16-11(13)17-9(6)18/h4-5,7,10H,3H2,1-2H3,(H2,14,16,17)/t5-,7-,10+/m0/s1. The zero-order valence-corrected chi connectivity index (χ0v) is 14.5. The molecule has 2 aromatic rings. The minimum Gasteiger partial charge on any atom is -0.382 e. The number of nitrogen functional groups attached to an aromatic ring is 1. The highest BCUT2D eigenvalue weighted by molar-refractivity contribution is 14.1. The molecule has 3 atom stereocenters. The first kappa shape index (κ1) is 14.0. The summed E-state index contributed by atoms with van der Waals surface area (Å²) in [4.78, 5) is 13.0. The van der Waals surface area contributed by atoms with Gasteiger partial charge in [0, 0.05) is 28.3 Å². The average molecular weight is 419 g/mol. The Morgan fingerprint density at radius 1 is 1.43 bits per heavy atom. The lowest BCUT2D eigenvalue weighted by atomic mass is 10.2. The Morgan fingerprint density at radius 2 is 2.24 bits per heavy atom. The lowest BCUT2D eigenvalue weighted by molar-refractivity contribution is -0.146. The largest absolute Gasteiger partial charge is 0.382 e. The second-order valence-electron chi connectivity index (χ2n) is 5.56. The predicted octanol–water partition coefficient (Wildman–Crippen LogP) is 1.78. The average Bonchev–Trinajstić information content (AvgIpc) is 3.00. The van der Waals surface area contributed by atoms with Crippen molar-refractivity contribution in [3.8, 4) is 0 Å². The Bertz CT molecular complexity index is 721. The topological polar surface area (TPSA) is 88.1 Å². The van der Waals surface area contributed by atoms with E-state index in [2.05, 4.69) is 37.5 Å². The van der Waals surface area contributed by atoms with Crippen LogP contribution in [0.25, 0.3) is 11.2 Å². The van der Waals surface area contributed by atoms with Crippen molar-refractivity contribution in [1.29, 1.82) is 0 Å². The van der Waals surface area contributed by atoms with Crippen molar-refractivity contribution >= 4 is 51.3 Å².